The van der Waals surface area contributed by atoms with Gasteiger partial charge >= 0.3 is 0 Å². The quantitative estimate of drug-likeness (QED) is 0.798. The van der Waals surface area contributed by atoms with Crippen molar-refractivity contribution in [2.24, 2.45) is 0 Å². The predicted octanol–water partition coefficient (Wildman–Crippen LogP) is 1.10. The van der Waals surface area contributed by atoms with Crippen molar-refractivity contribution < 1.29 is 9.53 Å². The molecule has 0 aromatic heterocycles. The van der Waals surface area contributed by atoms with Gasteiger partial charge in [0.25, 0.3) is 5.91 Å². The number of nitrogens with two attached hydrogens (primary N) is 1. The van der Waals surface area contributed by atoms with E-state index >= 15 is 0 Å². The Hall–Kier alpha value is -1.75. The van der Waals surface area contributed by atoms with Gasteiger partial charge in [-0.3, -0.25) is 4.79 Å². The number of likely N-dealkylation sites (tertiary alicyclic amines) is 1. The molecule has 2 rings (SSSR count). The summed E-state index contributed by atoms with van der Waals surface area (Å²) in [5.74, 6) is 0.500. The van der Waals surface area contributed by atoms with E-state index in [1.54, 1.807) is 18.2 Å². The normalized spacial score (nSPS) is 19.4. The standard InChI is InChI=1S/C14H21N3O2/c1-3-19-13-8-10(4-5-12(13)15)14(18)16-11-6-7-17(2)9-11/h4-5,8,11H,3,6-7,9,15H2,1-2H3,(H,16,18). The predicted molar refractivity (Wildman–Crippen MR) is 75.4 cm³/mol. The van der Waals surface area contributed by atoms with E-state index in [2.05, 4.69) is 17.3 Å². The Balaban J connectivity index is 2.04. The minimum atomic E-state index is -0.0683. The van der Waals surface area contributed by atoms with Gasteiger partial charge in [0.2, 0.25) is 0 Å². The highest BCUT2D eigenvalue weighted by atomic mass is 16.5. The Morgan fingerprint density at radius 1 is 1.58 bits per heavy atom. The van der Waals surface area contributed by atoms with E-state index in [0.717, 1.165) is 19.5 Å². The van der Waals surface area contributed by atoms with Gasteiger partial charge in [-0.2, -0.15) is 0 Å². The molecule has 1 atom stereocenters. The fourth-order valence-electron chi connectivity index (χ4n) is 2.28. The van der Waals surface area contributed by atoms with E-state index in [1.165, 1.54) is 0 Å². The van der Waals surface area contributed by atoms with E-state index < -0.39 is 0 Å². The van der Waals surface area contributed by atoms with E-state index in [9.17, 15) is 4.79 Å². The summed E-state index contributed by atoms with van der Waals surface area (Å²) in [5.41, 5.74) is 6.94. The summed E-state index contributed by atoms with van der Waals surface area (Å²) in [4.78, 5) is 14.4. The number of carbonyl (C=O) groups excluding carboxylic acids is 1. The number of ether oxygens (including phenoxy) is 1. The Kier molecular flexibility index (Phi) is 4.27. The third-order valence-electron chi connectivity index (χ3n) is 3.30. The number of amides is 1. The van der Waals surface area contributed by atoms with Crippen LogP contribution in [0.15, 0.2) is 18.2 Å². The van der Waals surface area contributed by atoms with Crippen LogP contribution in [0.5, 0.6) is 5.75 Å². The second kappa shape index (κ2) is 5.93. The summed E-state index contributed by atoms with van der Waals surface area (Å²) in [6, 6.07) is 5.37. The molecule has 0 aliphatic carbocycles. The molecule has 5 nitrogen and oxygen atoms in total. The van der Waals surface area contributed by atoms with Gasteiger partial charge in [0.1, 0.15) is 5.75 Å². The SMILES string of the molecule is CCOc1cc(C(=O)NC2CCN(C)C2)ccc1N. The van der Waals surface area contributed by atoms with Crippen LogP contribution in [-0.2, 0) is 0 Å². The monoisotopic (exact) mass is 263 g/mol. The molecule has 5 heteroatoms. The molecule has 1 aliphatic heterocycles. The molecule has 3 N–H and O–H groups in total. The van der Waals surface area contributed by atoms with Crippen molar-refractivity contribution in [1.29, 1.82) is 0 Å². The molecule has 0 spiro atoms. The van der Waals surface area contributed by atoms with Crippen molar-refractivity contribution in [3.63, 3.8) is 0 Å². The average Bonchev–Trinajstić information content (AvgIpc) is 2.77. The van der Waals surface area contributed by atoms with E-state index in [0.29, 0.717) is 23.6 Å². The van der Waals surface area contributed by atoms with Crippen LogP contribution in [-0.4, -0.2) is 43.6 Å². The molecule has 1 aromatic rings. The van der Waals surface area contributed by atoms with Gasteiger partial charge in [-0.1, -0.05) is 0 Å². The second-order valence-corrected chi connectivity index (χ2v) is 4.91. The van der Waals surface area contributed by atoms with Gasteiger partial charge in [0, 0.05) is 18.2 Å². The van der Waals surface area contributed by atoms with Gasteiger partial charge in [-0.05, 0) is 45.1 Å². The summed E-state index contributed by atoms with van der Waals surface area (Å²) < 4.78 is 5.40. The first-order chi connectivity index (χ1) is 9.10. The molecule has 1 aromatic carbocycles. The van der Waals surface area contributed by atoms with Crippen LogP contribution in [0, 0.1) is 0 Å². The molecule has 0 bridgehead atoms. The van der Waals surface area contributed by atoms with Crippen LogP contribution in [0.4, 0.5) is 5.69 Å². The van der Waals surface area contributed by atoms with Crippen molar-refractivity contribution >= 4 is 11.6 Å². The van der Waals surface area contributed by atoms with E-state index in [1.807, 2.05) is 6.92 Å². The number of anilines is 1. The first-order valence-electron chi connectivity index (χ1n) is 6.62. The van der Waals surface area contributed by atoms with Crippen LogP contribution < -0.4 is 15.8 Å². The Bertz CT molecular complexity index is 462. The van der Waals surface area contributed by atoms with Crippen LogP contribution in [0.2, 0.25) is 0 Å². The lowest BCUT2D eigenvalue weighted by Gasteiger charge is -2.14. The maximum absolute atomic E-state index is 12.1. The first-order valence-corrected chi connectivity index (χ1v) is 6.62. The minimum absolute atomic E-state index is 0.0683. The van der Waals surface area contributed by atoms with Gasteiger partial charge < -0.3 is 20.7 Å². The third-order valence-corrected chi connectivity index (χ3v) is 3.30. The Labute approximate surface area is 113 Å². The maximum atomic E-state index is 12.1. The summed E-state index contributed by atoms with van der Waals surface area (Å²) in [6.45, 7) is 4.35. The molecule has 1 aliphatic rings. The van der Waals surface area contributed by atoms with Gasteiger partial charge in [0.05, 0.1) is 12.3 Å². The highest BCUT2D eigenvalue weighted by Crippen LogP contribution is 2.23. The van der Waals surface area contributed by atoms with Crippen molar-refractivity contribution in [1.82, 2.24) is 10.2 Å². The van der Waals surface area contributed by atoms with Gasteiger partial charge in [0.15, 0.2) is 0 Å². The van der Waals surface area contributed by atoms with Gasteiger partial charge in [-0.15, -0.1) is 0 Å². The number of rotatable bonds is 4. The fraction of sp³-hybridized carbons (Fsp3) is 0.500. The molecule has 1 amide bonds. The molecular formula is C14H21N3O2. The molecule has 19 heavy (non-hydrogen) atoms. The number of nitrogens with one attached hydrogen (secondary N) is 1. The number of hydrogen-bond acceptors (Lipinski definition) is 4. The first kappa shape index (κ1) is 13.7. The van der Waals surface area contributed by atoms with Crippen LogP contribution in [0.25, 0.3) is 0 Å². The topological polar surface area (TPSA) is 67.6 Å². The molecule has 1 saturated heterocycles. The number of nitrogens with zero attached hydrogens (tertiary/aromatic N) is 1. The van der Waals surface area contributed by atoms with Crippen LogP contribution in [0.3, 0.4) is 0 Å². The summed E-state index contributed by atoms with van der Waals surface area (Å²) in [6.07, 6.45) is 0.996. The van der Waals surface area contributed by atoms with Crippen LogP contribution >= 0.6 is 0 Å². The lowest BCUT2D eigenvalue weighted by Crippen LogP contribution is -2.36. The number of carbonyl (C=O) groups is 1. The second-order valence-electron chi connectivity index (χ2n) is 4.91. The summed E-state index contributed by atoms with van der Waals surface area (Å²) >= 11 is 0. The highest BCUT2D eigenvalue weighted by molar-refractivity contribution is 5.95. The zero-order valence-electron chi connectivity index (χ0n) is 11.5. The summed E-state index contributed by atoms with van der Waals surface area (Å²) in [7, 11) is 2.06. The van der Waals surface area contributed by atoms with Crippen molar-refractivity contribution in [3.8, 4) is 5.75 Å². The molecular weight excluding hydrogens is 242 g/mol. The number of hydrogen-bond donors (Lipinski definition) is 2. The zero-order chi connectivity index (χ0) is 13.8. The van der Waals surface area contributed by atoms with E-state index in [-0.39, 0.29) is 11.9 Å². The fourth-order valence-corrected chi connectivity index (χ4v) is 2.28. The lowest BCUT2D eigenvalue weighted by atomic mass is 10.1. The van der Waals surface area contributed by atoms with Crippen molar-refractivity contribution in [2.45, 2.75) is 19.4 Å². The number of benzene rings is 1. The van der Waals surface area contributed by atoms with Crippen LogP contribution in [0.1, 0.15) is 23.7 Å². The molecule has 104 valence electrons. The molecule has 0 radical (unpaired) electrons. The third kappa shape index (κ3) is 3.38. The minimum Gasteiger partial charge on any atom is -0.492 e. The van der Waals surface area contributed by atoms with Crippen molar-refractivity contribution in [3.05, 3.63) is 23.8 Å². The molecule has 1 heterocycles. The lowest BCUT2D eigenvalue weighted by molar-refractivity contribution is 0.0938. The highest BCUT2D eigenvalue weighted by Gasteiger charge is 2.21. The largest absolute Gasteiger partial charge is 0.492 e. The van der Waals surface area contributed by atoms with E-state index in [4.69, 9.17) is 10.5 Å². The maximum Gasteiger partial charge on any atom is 0.251 e. The molecule has 0 saturated carbocycles. The zero-order valence-corrected chi connectivity index (χ0v) is 11.5. The number of likely N-dealkylation sites (N-methyl/N-ethyl adjacent to an activating group) is 1. The number of nitrogen functional groups attached to an aromatic ring is 1. The Morgan fingerprint density at radius 2 is 2.37 bits per heavy atom. The Morgan fingerprint density at radius 3 is 3.00 bits per heavy atom. The van der Waals surface area contributed by atoms with Gasteiger partial charge in [-0.25, -0.2) is 0 Å². The average molecular weight is 263 g/mol. The smallest absolute Gasteiger partial charge is 0.251 e. The molecule has 1 unspecified atom stereocenters. The summed E-state index contributed by atoms with van der Waals surface area (Å²) in [5, 5.41) is 3.04. The van der Waals surface area contributed by atoms with Crippen molar-refractivity contribution in [2.75, 3.05) is 32.5 Å². The molecule has 1 fully saturated rings.